The van der Waals surface area contributed by atoms with Crippen LogP contribution in [-0.2, 0) is 6.42 Å². The fourth-order valence-corrected chi connectivity index (χ4v) is 3.11. The SMILES string of the molecule is CCc1nc([C@@H](C)NC(=O)Nc2c(F)cc(F)cc2Br)cs1. The van der Waals surface area contributed by atoms with Crippen LogP contribution in [0.25, 0.3) is 0 Å². The minimum Gasteiger partial charge on any atom is -0.330 e. The van der Waals surface area contributed by atoms with Crippen molar-refractivity contribution in [1.29, 1.82) is 0 Å². The van der Waals surface area contributed by atoms with E-state index >= 15 is 0 Å². The number of aromatic nitrogens is 1. The van der Waals surface area contributed by atoms with Crippen molar-refractivity contribution >= 4 is 39.0 Å². The molecule has 118 valence electrons. The summed E-state index contributed by atoms with van der Waals surface area (Å²) >= 11 is 4.54. The molecule has 0 bridgehead atoms. The summed E-state index contributed by atoms with van der Waals surface area (Å²) in [5.41, 5.74) is 0.634. The third-order valence-electron chi connectivity index (χ3n) is 2.91. The van der Waals surface area contributed by atoms with E-state index in [1.165, 1.54) is 11.3 Å². The molecule has 0 fully saturated rings. The first-order valence-electron chi connectivity index (χ1n) is 6.57. The van der Waals surface area contributed by atoms with Gasteiger partial charge in [0.25, 0.3) is 0 Å². The molecule has 4 nitrogen and oxygen atoms in total. The van der Waals surface area contributed by atoms with Gasteiger partial charge in [-0.15, -0.1) is 11.3 Å². The number of amides is 2. The Balaban J connectivity index is 2.04. The van der Waals surface area contributed by atoms with Crippen molar-refractivity contribution in [3.8, 4) is 0 Å². The Morgan fingerprint density at radius 3 is 2.77 bits per heavy atom. The molecule has 1 atom stereocenters. The van der Waals surface area contributed by atoms with Gasteiger partial charge in [-0.25, -0.2) is 18.6 Å². The van der Waals surface area contributed by atoms with Crippen molar-refractivity contribution in [3.05, 3.63) is 44.3 Å². The van der Waals surface area contributed by atoms with Gasteiger partial charge >= 0.3 is 6.03 Å². The number of carbonyl (C=O) groups excluding carboxylic acids is 1. The number of benzene rings is 1. The number of hydrogen-bond donors (Lipinski definition) is 2. The summed E-state index contributed by atoms with van der Waals surface area (Å²) in [6, 6.07) is 0.872. The summed E-state index contributed by atoms with van der Waals surface area (Å²) in [6.07, 6.45) is 0.831. The standard InChI is InChI=1S/C14H14BrF2N3OS/c1-3-12-19-11(6-22-12)7(2)18-14(21)20-13-9(15)4-8(16)5-10(13)17/h4-7H,3H2,1-2H3,(H2,18,20,21)/t7-/m1/s1. The van der Waals surface area contributed by atoms with Crippen LogP contribution in [0.4, 0.5) is 19.3 Å². The van der Waals surface area contributed by atoms with Crippen LogP contribution in [0.2, 0.25) is 0 Å². The first-order valence-corrected chi connectivity index (χ1v) is 8.24. The molecule has 8 heteroatoms. The lowest BCUT2D eigenvalue weighted by Crippen LogP contribution is -2.31. The summed E-state index contributed by atoms with van der Waals surface area (Å²) in [5.74, 6) is -1.57. The number of carbonyl (C=O) groups is 1. The first kappa shape index (κ1) is 16.8. The number of nitrogens with one attached hydrogen (secondary N) is 2. The molecule has 1 aromatic heterocycles. The summed E-state index contributed by atoms with van der Waals surface area (Å²) in [5, 5.41) is 7.88. The minimum atomic E-state index is -0.850. The minimum absolute atomic E-state index is 0.112. The number of hydrogen-bond acceptors (Lipinski definition) is 3. The highest BCUT2D eigenvalue weighted by Gasteiger charge is 2.16. The lowest BCUT2D eigenvalue weighted by Gasteiger charge is -2.14. The molecule has 0 saturated carbocycles. The summed E-state index contributed by atoms with van der Waals surface area (Å²) in [4.78, 5) is 16.3. The maximum absolute atomic E-state index is 13.7. The van der Waals surface area contributed by atoms with Crippen LogP contribution in [0.15, 0.2) is 22.0 Å². The Morgan fingerprint density at radius 2 is 2.18 bits per heavy atom. The molecule has 2 amide bonds. The third kappa shape index (κ3) is 4.01. The molecule has 0 unspecified atom stereocenters. The molecular weight excluding hydrogens is 376 g/mol. The van der Waals surface area contributed by atoms with E-state index in [1.807, 2.05) is 12.3 Å². The largest absolute Gasteiger partial charge is 0.330 e. The zero-order valence-electron chi connectivity index (χ0n) is 11.9. The Kier molecular flexibility index (Phi) is 5.47. The van der Waals surface area contributed by atoms with Gasteiger partial charge < -0.3 is 10.6 Å². The Hall–Kier alpha value is -1.54. The van der Waals surface area contributed by atoms with E-state index in [2.05, 4.69) is 31.5 Å². The number of thiazole rings is 1. The first-order chi connectivity index (χ1) is 10.4. The molecule has 0 saturated heterocycles. The summed E-state index contributed by atoms with van der Waals surface area (Å²) in [7, 11) is 0. The van der Waals surface area contributed by atoms with Gasteiger partial charge in [-0.3, -0.25) is 0 Å². The average molecular weight is 390 g/mol. The molecule has 1 heterocycles. The Bertz CT molecular complexity index is 669. The maximum atomic E-state index is 13.7. The van der Waals surface area contributed by atoms with Crippen molar-refractivity contribution in [2.75, 3.05) is 5.32 Å². The van der Waals surface area contributed by atoms with Crippen LogP contribution >= 0.6 is 27.3 Å². The van der Waals surface area contributed by atoms with Crippen molar-refractivity contribution in [2.24, 2.45) is 0 Å². The number of anilines is 1. The number of nitrogens with zero attached hydrogens (tertiary/aromatic N) is 1. The molecule has 2 aromatic rings. The quantitative estimate of drug-likeness (QED) is 0.800. The van der Waals surface area contributed by atoms with E-state index in [0.29, 0.717) is 6.07 Å². The number of rotatable bonds is 4. The second kappa shape index (κ2) is 7.15. The zero-order valence-corrected chi connectivity index (χ0v) is 14.3. The van der Waals surface area contributed by atoms with E-state index in [-0.39, 0.29) is 16.2 Å². The van der Waals surface area contributed by atoms with Gasteiger partial charge in [-0.2, -0.15) is 0 Å². The van der Waals surface area contributed by atoms with Gasteiger partial charge in [0.05, 0.1) is 22.4 Å². The third-order valence-corrected chi connectivity index (χ3v) is 4.55. The second-order valence-corrected chi connectivity index (χ2v) is 6.38. The molecule has 0 aliphatic rings. The molecule has 0 aliphatic carbocycles. The van der Waals surface area contributed by atoms with Gasteiger partial charge in [0, 0.05) is 15.9 Å². The zero-order chi connectivity index (χ0) is 16.3. The molecule has 0 radical (unpaired) electrons. The molecule has 1 aromatic carbocycles. The lowest BCUT2D eigenvalue weighted by atomic mass is 10.2. The molecule has 0 spiro atoms. The van der Waals surface area contributed by atoms with E-state index in [0.717, 1.165) is 23.2 Å². The van der Waals surface area contributed by atoms with E-state index in [4.69, 9.17) is 0 Å². The topological polar surface area (TPSA) is 54.0 Å². The predicted octanol–water partition coefficient (Wildman–Crippen LogP) is 4.63. The van der Waals surface area contributed by atoms with Gasteiger partial charge in [-0.1, -0.05) is 6.92 Å². The number of urea groups is 1. The summed E-state index contributed by atoms with van der Waals surface area (Å²) < 4.78 is 26.8. The Labute approximate surface area is 139 Å². The monoisotopic (exact) mass is 389 g/mol. The summed E-state index contributed by atoms with van der Waals surface area (Å²) in [6.45, 7) is 3.78. The van der Waals surface area contributed by atoms with Gasteiger partial charge in [0.15, 0.2) is 5.82 Å². The van der Waals surface area contributed by atoms with Crippen LogP contribution in [0.5, 0.6) is 0 Å². The molecule has 2 rings (SSSR count). The molecule has 22 heavy (non-hydrogen) atoms. The average Bonchev–Trinajstić information content (AvgIpc) is 2.91. The smallest absolute Gasteiger partial charge is 0.319 e. The second-order valence-electron chi connectivity index (χ2n) is 4.58. The van der Waals surface area contributed by atoms with Crippen LogP contribution < -0.4 is 10.6 Å². The van der Waals surface area contributed by atoms with Crippen LogP contribution in [0.3, 0.4) is 0 Å². The van der Waals surface area contributed by atoms with Crippen LogP contribution in [0, 0.1) is 11.6 Å². The predicted molar refractivity (Wildman–Crippen MR) is 86.1 cm³/mol. The molecular formula is C14H14BrF2N3OS. The normalized spacial score (nSPS) is 12.0. The van der Waals surface area contributed by atoms with E-state index in [1.54, 1.807) is 6.92 Å². The highest BCUT2D eigenvalue weighted by molar-refractivity contribution is 9.10. The van der Waals surface area contributed by atoms with E-state index < -0.39 is 17.7 Å². The highest BCUT2D eigenvalue weighted by atomic mass is 79.9. The number of aryl methyl sites for hydroxylation is 1. The highest BCUT2D eigenvalue weighted by Crippen LogP contribution is 2.27. The van der Waals surface area contributed by atoms with Crippen molar-refractivity contribution in [3.63, 3.8) is 0 Å². The van der Waals surface area contributed by atoms with Crippen molar-refractivity contribution in [1.82, 2.24) is 10.3 Å². The van der Waals surface area contributed by atoms with Crippen LogP contribution in [0.1, 0.15) is 30.6 Å². The Morgan fingerprint density at radius 1 is 1.45 bits per heavy atom. The molecule has 0 aliphatic heterocycles. The maximum Gasteiger partial charge on any atom is 0.319 e. The molecule has 2 N–H and O–H groups in total. The van der Waals surface area contributed by atoms with Crippen LogP contribution in [-0.4, -0.2) is 11.0 Å². The lowest BCUT2D eigenvalue weighted by molar-refractivity contribution is 0.249. The van der Waals surface area contributed by atoms with Crippen molar-refractivity contribution < 1.29 is 13.6 Å². The van der Waals surface area contributed by atoms with Gasteiger partial charge in [0.2, 0.25) is 0 Å². The fraction of sp³-hybridized carbons (Fsp3) is 0.286. The number of halogens is 3. The van der Waals surface area contributed by atoms with Gasteiger partial charge in [-0.05, 0) is 35.3 Å². The van der Waals surface area contributed by atoms with Crippen molar-refractivity contribution in [2.45, 2.75) is 26.3 Å². The van der Waals surface area contributed by atoms with Gasteiger partial charge in [0.1, 0.15) is 5.82 Å². The van der Waals surface area contributed by atoms with E-state index in [9.17, 15) is 13.6 Å². The fourth-order valence-electron chi connectivity index (χ4n) is 1.77.